The van der Waals surface area contributed by atoms with Crippen LogP contribution in [0.1, 0.15) is 46.1 Å². The summed E-state index contributed by atoms with van der Waals surface area (Å²) in [6, 6.07) is 8.11. The van der Waals surface area contributed by atoms with Gasteiger partial charge in [-0.3, -0.25) is 14.5 Å². The van der Waals surface area contributed by atoms with Crippen LogP contribution in [0.2, 0.25) is 0 Å². The number of amides is 2. The number of aromatic hydroxyl groups is 1. The lowest BCUT2D eigenvalue weighted by atomic mass is 10.0. The molecule has 2 aromatic carbocycles. The number of rotatable bonds is 6. The first kappa shape index (κ1) is 23.4. The Hall–Kier alpha value is -3.34. The molecule has 0 radical (unpaired) electrons. The zero-order valence-corrected chi connectivity index (χ0v) is 19.5. The monoisotopic (exact) mass is 481 g/mol. The highest BCUT2D eigenvalue weighted by atomic mass is 16.5. The maximum Gasteiger partial charge on any atom is 0.255 e. The van der Waals surface area contributed by atoms with Crippen LogP contribution < -0.4 is 21.5 Å². The molecule has 0 aromatic heterocycles. The fraction of sp³-hybridized carbons (Fsp3) is 0.440. The summed E-state index contributed by atoms with van der Waals surface area (Å²) in [6.45, 7) is 3.63. The predicted octanol–water partition coefficient (Wildman–Crippen LogP) is 1.08. The van der Waals surface area contributed by atoms with Gasteiger partial charge in [-0.2, -0.15) is 0 Å². The third-order valence-electron chi connectivity index (χ3n) is 7.01. The standard InChI is InChI=1S/C25H31N5O5/c26-19-11-15(21(31)12-17(19)23(27)29-7-9-34-10-8-29)14-35-22-5-1-3-16-18(22)13-30(25(16)33)20-4-2-6-28-24(20)32/h1,3,5,11-12,20,23,31H,2,4,6-10,13-14,26-27H2,(H,28,32). The number of hydrogen-bond acceptors (Lipinski definition) is 8. The van der Waals surface area contributed by atoms with Gasteiger partial charge in [0.25, 0.3) is 5.91 Å². The number of nitrogens with zero attached hydrogens (tertiary/aromatic N) is 2. The molecule has 2 aromatic rings. The fourth-order valence-electron chi connectivity index (χ4n) is 5.01. The minimum Gasteiger partial charge on any atom is -0.508 e. The number of nitrogen functional groups attached to an aromatic ring is 1. The van der Waals surface area contributed by atoms with E-state index in [0.717, 1.165) is 12.0 Å². The number of nitrogens with one attached hydrogen (secondary N) is 1. The van der Waals surface area contributed by atoms with Crippen molar-refractivity contribution < 1.29 is 24.2 Å². The number of carbonyl (C=O) groups is 2. The van der Waals surface area contributed by atoms with Crippen molar-refractivity contribution in [2.75, 3.05) is 38.6 Å². The minimum atomic E-state index is -0.469. The molecular formula is C25H31N5O5. The van der Waals surface area contributed by atoms with Crippen molar-refractivity contribution in [3.63, 3.8) is 0 Å². The zero-order chi connectivity index (χ0) is 24.5. The molecule has 10 nitrogen and oxygen atoms in total. The Morgan fingerprint density at radius 3 is 2.80 bits per heavy atom. The highest BCUT2D eigenvalue weighted by Gasteiger charge is 2.38. The van der Waals surface area contributed by atoms with E-state index in [2.05, 4.69) is 10.2 Å². The molecule has 186 valence electrons. The van der Waals surface area contributed by atoms with Crippen LogP contribution in [-0.2, 0) is 22.7 Å². The third-order valence-corrected chi connectivity index (χ3v) is 7.01. The van der Waals surface area contributed by atoms with Crippen LogP contribution in [0.25, 0.3) is 0 Å². The van der Waals surface area contributed by atoms with E-state index >= 15 is 0 Å². The Morgan fingerprint density at radius 1 is 1.23 bits per heavy atom. The number of nitrogens with two attached hydrogens (primary N) is 2. The highest BCUT2D eigenvalue weighted by Crippen LogP contribution is 2.35. The summed E-state index contributed by atoms with van der Waals surface area (Å²) in [5, 5.41) is 13.5. The van der Waals surface area contributed by atoms with E-state index in [-0.39, 0.29) is 24.2 Å². The molecule has 2 saturated heterocycles. The van der Waals surface area contributed by atoms with Crippen molar-refractivity contribution in [3.8, 4) is 11.5 Å². The fourth-order valence-corrected chi connectivity index (χ4v) is 5.01. The number of anilines is 1. The van der Waals surface area contributed by atoms with Gasteiger partial charge in [-0.05, 0) is 37.1 Å². The van der Waals surface area contributed by atoms with Gasteiger partial charge in [0.05, 0.1) is 25.9 Å². The van der Waals surface area contributed by atoms with E-state index in [9.17, 15) is 14.7 Å². The second kappa shape index (κ2) is 9.73. The molecule has 0 aliphatic carbocycles. The Balaban J connectivity index is 1.31. The highest BCUT2D eigenvalue weighted by molar-refractivity contribution is 6.01. The van der Waals surface area contributed by atoms with Crippen LogP contribution in [0.5, 0.6) is 11.5 Å². The molecule has 0 spiro atoms. The summed E-state index contributed by atoms with van der Waals surface area (Å²) in [6.07, 6.45) is 1.05. The summed E-state index contributed by atoms with van der Waals surface area (Å²) in [5.41, 5.74) is 15.6. The molecular weight excluding hydrogens is 450 g/mol. The summed E-state index contributed by atoms with van der Waals surface area (Å²) in [5.74, 6) is 0.306. The van der Waals surface area contributed by atoms with Crippen molar-refractivity contribution in [3.05, 3.63) is 52.6 Å². The number of benzene rings is 2. The van der Waals surface area contributed by atoms with Gasteiger partial charge in [0.15, 0.2) is 0 Å². The van der Waals surface area contributed by atoms with Crippen molar-refractivity contribution in [2.24, 2.45) is 5.73 Å². The number of phenols is 1. The first-order valence-electron chi connectivity index (χ1n) is 12.0. The maximum atomic E-state index is 13.0. The molecule has 5 rings (SSSR count). The molecule has 35 heavy (non-hydrogen) atoms. The van der Waals surface area contributed by atoms with Gasteiger partial charge in [-0.15, -0.1) is 0 Å². The van der Waals surface area contributed by atoms with Gasteiger partial charge in [0.2, 0.25) is 5.91 Å². The SMILES string of the molecule is Nc1cc(COc2cccc3c2CN(C2CCCNC2=O)C3=O)c(O)cc1C(N)N1CCOCC1. The van der Waals surface area contributed by atoms with E-state index in [1.165, 1.54) is 0 Å². The average molecular weight is 482 g/mol. The Morgan fingerprint density at radius 2 is 2.03 bits per heavy atom. The summed E-state index contributed by atoms with van der Waals surface area (Å²) < 4.78 is 11.4. The van der Waals surface area contributed by atoms with E-state index in [4.69, 9.17) is 20.9 Å². The first-order chi connectivity index (χ1) is 16.9. The number of fused-ring (bicyclic) bond motifs is 1. The maximum absolute atomic E-state index is 13.0. The van der Waals surface area contributed by atoms with Gasteiger partial charge in [0.1, 0.15) is 24.1 Å². The minimum absolute atomic E-state index is 0.0436. The molecule has 2 atom stereocenters. The zero-order valence-electron chi connectivity index (χ0n) is 19.5. The topological polar surface area (TPSA) is 143 Å². The molecule has 2 unspecified atom stereocenters. The lowest BCUT2D eigenvalue weighted by molar-refractivity contribution is -0.127. The quantitative estimate of drug-likeness (QED) is 0.355. The first-order valence-corrected chi connectivity index (χ1v) is 12.0. The van der Waals surface area contributed by atoms with Gasteiger partial charge in [0, 0.05) is 47.6 Å². The largest absolute Gasteiger partial charge is 0.508 e. The summed E-state index contributed by atoms with van der Waals surface area (Å²) >= 11 is 0. The van der Waals surface area contributed by atoms with Crippen LogP contribution in [0.4, 0.5) is 5.69 Å². The van der Waals surface area contributed by atoms with Crippen molar-refractivity contribution in [1.29, 1.82) is 0 Å². The number of carbonyl (C=O) groups excluding carboxylic acids is 2. The molecule has 2 fully saturated rings. The molecule has 0 saturated carbocycles. The lowest BCUT2D eigenvalue weighted by Gasteiger charge is -2.32. The normalized spacial score (nSPS) is 21.5. The number of morpholine rings is 1. The van der Waals surface area contributed by atoms with E-state index in [1.807, 2.05) is 0 Å². The number of hydrogen-bond donors (Lipinski definition) is 4. The number of phenolic OH excluding ortho intramolecular Hbond substituents is 1. The third kappa shape index (κ3) is 4.52. The number of ether oxygens (including phenoxy) is 2. The summed E-state index contributed by atoms with van der Waals surface area (Å²) in [4.78, 5) is 29.0. The van der Waals surface area contributed by atoms with Crippen LogP contribution in [0.15, 0.2) is 30.3 Å². The Bertz CT molecular complexity index is 1130. The molecule has 10 heteroatoms. The molecule has 2 amide bonds. The molecule has 3 aliphatic rings. The van der Waals surface area contributed by atoms with Gasteiger partial charge < -0.3 is 36.3 Å². The van der Waals surface area contributed by atoms with Crippen LogP contribution in [0.3, 0.4) is 0 Å². The molecule has 0 bridgehead atoms. The Labute approximate surface area is 203 Å². The van der Waals surface area contributed by atoms with Crippen molar-refractivity contribution in [1.82, 2.24) is 15.1 Å². The van der Waals surface area contributed by atoms with Gasteiger partial charge in [-0.1, -0.05) is 6.07 Å². The van der Waals surface area contributed by atoms with E-state index in [1.54, 1.807) is 35.2 Å². The van der Waals surface area contributed by atoms with Gasteiger partial charge in [-0.25, -0.2) is 0 Å². The van der Waals surface area contributed by atoms with Gasteiger partial charge >= 0.3 is 0 Å². The predicted molar refractivity (Wildman–Crippen MR) is 129 cm³/mol. The van der Waals surface area contributed by atoms with E-state index < -0.39 is 12.2 Å². The lowest BCUT2D eigenvalue weighted by Crippen LogP contribution is -2.50. The van der Waals surface area contributed by atoms with Crippen LogP contribution >= 0.6 is 0 Å². The van der Waals surface area contributed by atoms with E-state index in [0.29, 0.717) is 73.9 Å². The van der Waals surface area contributed by atoms with Crippen LogP contribution in [0, 0.1) is 0 Å². The van der Waals surface area contributed by atoms with Crippen molar-refractivity contribution >= 4 is 17.5 Å². The Kier molecular flexibility index (Phi) is 6.50. The summed E-state index contributed by atoms with van der Waals surface area (Å²) in [7, 11) is 0. The van der Waals surface area contributed by atoms with Crippen molar-refractivity contribution in [2.45, 2.75) is 38.2 Å². The molecule has 3 heterocycles. The smallest absolute Gasteiger partial charge is 0.255 e. The average Bonchev–Trinajstić information content (AvgIpc) is 3.21. The number of piperidine rings is 1. The second-order valence-electron chi connectivity index (χ2n) is 9.16. The second-order valence-corrected chi connectivity index (χ2v) is 9.16. The van der Waals surface area contributed by atoms with Crippen LogP contribution in [-0.4, -0.2) is 65.6 Å². The molecule has 6 N–H and O–H groups in total. The molecule has 3 aliphatic heterocycles.